The van der Waals surface area contributed by atoms with Crippen LogP contribution < -0.4 is 5.46 Å². The summed E-state index contributed by atoms with van der Waals surface area (Å²) in [6, 6.07) is 19.3. The molecule has 0 N–H and O–H groups in total. The first-order chi connectivity index (χ1) is 9.33. The highest BCUT2D eigenvalue weighted by Gasteiger charge is 2.05. The maximum Gasteiger partial charge on any atom is 0.139 e. The van der Waals surface area contributed by atoms with E-state index in [1.54, 1.807) is 0 Å². The van der Waals surface area contributed by atoms with Crippen LogP contribution in [0.4, 0.5) is 0 Å². The minimum absolute atomic E-state index is 1.07. The van der Waals surface area contributed by atoms with Crippen molar-refractivity contribution >= 4 is 45.8 Å². The van der Waals surface area contributed by atoms with Gasteiger partial charge in [0.05, 0.1) is 5.52 Å². The van der Waals surface area contributed by atoms with Gasteiger partial charge in [0, 0.05) is 17.0 Å². The Bertz CT molecular complexity index is 928. The molecular formula is C17H12BN. The van der Waals surface area contributed by atoms with Crippen LogP contribution in [0.5, 0.6) is 0 Å². The van der Waals surface area contributed by atoms with Crippen molar-refractivity contribution in [1.29, 1.82) is 0 Å². The smallest absolute Gasteiger partial charge is 0.139 e. The first-order valence-electron chi connectivity index (χ1n) is 6.50. The maximum atomic E-state index is 4.62. The molecule has 0 fully saturated rings. The lowest BCUT2D eigenvalue weighted by molar-refractivity contribution is 1.45. The molecule has 1 aromatic heterocycles. The molecule has 19 heavy (non-hydrogen) atoms. The summed E-state index contributed by atoms with van der Waals surface area (Å²) in [5.41, 5.74) is 2.32. The minimum atomic E-state index is 1.07. The third-order valence-corrected chi connectivity index (χ3v) is 3.75. The number of aromatic nitrogens is 1. The van der Waals surface area contributed by atoms with E-state index in [0.717, 1.165) is 5.52 Å². The van der Waals surface area contributed by atoms with Crippen molar-refractivity contribution in [3.8, 4) is 0 Å². The van der Waals surface area contributed by atoms with Crippen molar-refractivity contribution in [3.05, 3.63) is 60.8 Å². The van der Waals surface area contributed by atoms with E-state index < -0.39 is 0 Å². The predicted molar refractivity (Wildman–Crippen MR) is 84.9 cm³/mol. The molecule has 0 atom stereocenters. The number of nitrogens with zero attached hydrogens (tertiary/aromatic N) is 1. The largest absolute Gasteiger partial charge is 0.256 e. The van der Waals surface area contributed by atoms with Crippen LogP contribution in [0.3, 0.4) is 0 Å². The van der Waals surface area contributed by atoms with Gasteiger partial charge < -0.3 is 0 Å². The van der Waals surface area contributed by atoms with Crippen molar-refractivity contribution in [3.63, 3.8) is 0 Å². The fourth-order valence-electron chi connectivity index (χ4n) is 2.78. The first-order valence-corrected chi connectivity index (χ1v) is 6.50. The van der Waals surface area contributed by atoms with Crippen molar-refractivity contribution < 1.29 is 0 Å². The molecule has 1 nitrogen and oxygen atoms in total. The van der Waals surface area contributed by atoms with Crippen LogP contribution in [-0.2, 0) is 0 Å². The van der Waals surface area contributed by atoms with Crippen LogP contribution in [0.15, 0.2) is 60.8 Å². The molecule has 4 aromatic rings. The lowest BCUT2D eigenvalue weighted by Gasteiger charge is -2.07. The average Bonchev–Trinajstić information content (AvgIpc) is 2.46. The SMILES string of the molecule is Bc1ccc2c(c1)ncc1c3ccccc3ccc21. The molecule has 2 heteroatoms. The Balaban J connectivity index is 2.26. The maximum absolute atomic E-state index is 4.62. The van der Waals surface area contributed by atoms with Gasteiger partial charge in [-0.15, -0.1) is 0 Å². The van der Waals surface area contributed by atoms with Gasteiger partial charge in [0.15, 0.2) is 0 Å². The molecule has 0 aliphatic heterocycles. The van der Waals surface area contributed by atoms with Gasteiger partial charge in [0.25, 0.3) is 0 Å². The zero-order chi connectivity index (χ0) is 12.8. The van der Waals surface area contributed by atoms with Gasteiger partial charge in [-0.3, -0.25) is 4.98 Å². The summed E-state index contributed by atoms with van der Waals surface area (Å²) >= 11 is 0. The van der Waals surface area contributed by atoms with Gasteiger partial charge >= 0.3 is 0 Å². The zero-order valence-electron chi connectivity index (χ0n) is 10.7. The van der Waals surface area contributed by atoms with Gasteiger partial charge in [-0.2, -0.15) is 0 Å². The number of pyridine rings is 1. The Labute approximate surface area is 112 Å². The van der Waals surface area contributed by atoms with Crippen molar-refractivity contribution in [2.24, 2.45) is 0 Å². The molecule has 0 aliphatic rings. The van der Waals surface area contributed by atoms with Gasteiger partial charge in [0.1, 0.15) is 7.85 Å². The molecular weight excluding hydrogens is 229 g/mol. The van der Waals surface area contributed by atoms with E-state index in [2.05, 4.69) is 67.4 Å². The first kappa shape index (κ1) is 10.6. The number of benzene rings is 3. The Kier molecular flexibility index (Phi) is 2.13. The summed E-state index contributed by atoms with van der Waals surface area (Å²) in [6.45, 7) is 0. The number of rotatable bonds is 0. The molecule has 3 aromatic carbocycles. The lowest BCUT2D eigenvalue weighted by Crippen LogP contribution is -2.00. The van der Waals surface area contributed by atoms with Crippen molar-refractivity contribution in [2.75, 3.05) is 0 Å². The summed E-state index contributed by atoms with van der Waals surface area (Å²) < 4.78 is 0. The fourth-order valence-corrected chi connectivity index (χ4v) is 2.78. The van der Waals surface area contributed by atoms with E-state index in [1.165, 1.54) is 32.4 Å². The predicted octanol–water partition coefficient (Wildman–Crippen LogP) is 2.80. The van der Waals surface area contributed by atoms with Crippen LogP contribution >= 0.6 is 0 Å². The van der Waals surface area contributed by atoms with E-state index in [0.29, 0.717) is 0 Å². The highest BCUT2D eigenvalue weighted by atomic mass is 14.6. The summed E-state index contributed by atoms with van der Waals surface area (Å²) in [4.78, 5) is 4.62. The summed E-state index contributed by atoms with van der Waals surface area (Å²) in [7, 11) is 2.10. The Morgan fingerprint density at radius 1 is 0.737 bits per heavy atom. The van der Waals surface area contributed by atoms with Gasteiger partial charge in [-0.05, 0) is 22.2 Å². The van der Waals surface area contributed by atoms with E-state index in [9.17, 15) is 0 Å². The number of hydrogen-bond acceptors (Lipinski definition) is 1. The van der Waals surface area contributed by atoms with Crippen LogP contribution in [0.2, 0.25) is 0 Å². The van der Waals surface area contributed by atoms with E-state index >= 15 is 0 Å². The normalized spacial score (nSPS) is 11.4. The molecule has 0 saturated heterocycles. The second kappa shape index (κ2) is 3.82. The summed E-state index contributed by atoms with van der Waals surface area (Å²) in [5.74, 6) is 0. The highest BCUT2D eigenvalue weighted by Crippen LogP contribution is 2.29. The van der Waals surface area contributed by atoms with E-state index in [1.807, 2.05) is 6.20 Å². The highest BCUT2D eigenvalue weighted by molar-refractivity contribution is 6.33. The molecule has 1 heterocycles. The molecule has 0 radical (unpaired) electrons. The Morgan fingerprint density at radius 2 is 1.58 bits per heavy atom. The Hall–Kier alpha value is -2.35. The molecule has 0 amide bonds. The van der Waals surface area contributed by atoms with Gasteiger partial charge in [-0.1, -0.05) is 54.0 Å². The van der Waals surface area contributed by atoms with Crippen LogP contribution in [0, 0.1) is 0 Å². The quantitative estimate of drug-likeness (QED) is 0.341. The molecule has 0 spiro atoms. The standard InChI is InChI=1S/C17H12BN/c18-12-6-8-15-14-7-5-11-3-1-2-4-13(11)16(14)10-19-17(15)9-12/h1-10H,18H2. The van der Waals surface area contributed by atoms with Crippen LogP contribution in [0.25, 0.3) is 32.4 Å². The monoisotopic (exact) mass is 241 g/mol. The van der Waals surface area contributed by atoms with Gasteiger partial charge in [-0.25, -0.2) is 0 Å². The Morgan fingerprint density at radius 3 is 2.53 bits per heavy atom. The molecule has 0 bridgehead atoms. The topological polar surface area (TPSA) is 12.9 Å². The molecule has 0 saturated carbocycles. The van der Waals surface area contributed by atoms with E-state index in [4.69, 9.17) is 0 Å². The van der Waals surface area contributed by atoms with Crippen molar-refractivity contribution in [2.45, 2.75) is 0 Å². The lowest BCUT2D eigenvalue weighted by atomic mass is 9.93. The molecule has 0 aliphatic carbocycles. The fraction of sp³-hybridized carbons (Fsp3) is 0. The average molecular weight is 241 g/mol. The second-order valence-electron chi connectivity index (χ2n) is 5.03. The number of fused-ring (bicyclic) bond motifs is 5. The molecule has 4 rings (SSSR count). The minimum Gasteiger partial charge on any atom is -0.256 e. The van der Waals surface area contributed by atoms with Crippen molar-refractivity contribution in [1.82, 2.24) is 4.98 Å². The number of hydrogen-bond donors (Lipinski definition) is 0. The second-order valence-corrected chi connectivity index (χ2v) is 5.03. The van der Waals surface area contributed by atoms with E-state index in [-0.39, 0.29) is 0 Å². The molecule has 88 valence electrons. The van der Waals surface area contributed by atoms with Crippen LogP contribution in [0.1, 0.15) is 0 Å². The summed E-state index contributed by atoms with van der Waals surface area (Å²) in [6.07, 6.45) is 2.00. The third-order valence-electron chi connectivity index (χ3n) is 3.75. The van der Waals surface area contributed by atoms with Gasteiger partial charge in [0.2, 0.25) is 0 Å². The van der Waals surface area contributed by atoms with Crippen LogP contribution in [-0.4, -0.2) is 12.8 Å². The molecule has 0 unspecified atom stereocenters. The zero-order valence-corrected chi connectivity index (χ0v) is 10.7. The third kappa shape index (κ3) is 1.53. The summed E-state index contributed by atoms with van der Waals surface area (Å²) in [5, 5.41) is 6.28.